The number of nitrogens with one attached hydrogen (secondary N) is 1. The number of carbonyl (C=O) groups excluding carboxylic acids is 2. The Balaban J connectivity index is 2.39. The summed E-state index contributed by atoms with van der Waals surface area (Å²) >= 11 is 0. The van der Waals surface area contributed by atoms with Gasteiger partial charge in [0, 0.05) is 26.6 Å². The van der Waals surface area contributed by atoms with Gasteiger partial charge in [0.25, 0.3) is 0 Å². The van der Waals surface area contributed by atoms with Crippen LogP contribution in [0.3, 0.4) is 0 Å². The zero-order valence-corrected chi connectivity index (χ0v) is 14.6. The van der Waals surface area contributed by atoms with Crippen LogP contribution in [-0.2, 0) is 14.3 Å². The van der Waals surface area contributed by atoms with Crippen LogP contribution in [0.1, 0.15) is 31.4 Å². The standard InChI is InChI=1S/C18H26N2O4/c1-4-19-18(22)15-8-9-16(21)20(10-11-23-2)17(15)13-6-5-7-14(12-13)24-3/h5-7,12,15,17H,4,8-11H2,1-3H3,(H,19,22)/t15-,17+/m1/s1. The van der Waals surface area contributed by atoms with Crippen LogP contribution in [0.5, 0.6) is 5.75 Å². The molecule has 0 bridgehead atoms. The highest BCUT2D eigenvalue weighted by atomic mass is 16.5. The molecule has 1 heterocycles. The molecular weight excluding hydrogens is 308 g/mol. The fraction of sp³-hybridized carbons (Fsp3) is 0.556. The average Bonchev–Trinajstić information content (AvgIpc) is 2.60. The van der Waals surface area contributed by atoms with E-state index in [9.17, 15) is 9.59 Å². The summed E-state index contributed by atoms with van der Waals surface area (Å²) in [4.78, 5) is 26.8. The van der Waals surface area contributed by atoms with Crippen molar-refractivity contribution in [3.05, 3.63) is 29.8 Å². The van der Waals surface area contributed by atoms with E-state index in [1.807, 2.05) is 31.2 Å². The molecular formula is C18H26N2O4. The van der Waals surface area contributed by atoms with Crippen LogP contribution >= 0.6 is 0 Å². The van der Waals surface area contributed by atoms with Gasteiger partial charge in [0.1, 0.15) is 5.75 Å². The molecule has 1 fully saturated rings. The van der Waals surface area contributed by atoms with Crippen molar-refractivity contribution < 1.29 is 19.1 Å². The van der Waals surface area contributed by atoms with Crippen LogP contribution in [0, 0.1) is 5.92 Å². The summed E-state index contributed by atoms with van der Waals surface area (Å²) in [5.41, 5.74) is 0.912. The van der Waals surface area contributed by atoms with Crippen molar-refractivity contribution in [1.82, 2.24) is 10.2 Å². The number of piperidine rings is 1. The molecule has 132 valence electrons. The molecule has 1 N–H and O–H groups in total. The quantitative estimate of drug-likeness (QED) is 0.825. The molecule has 0 unspecified atom stereocenters. The summed E-state index contributed by atoms with van der Waals surface area (Å²) in [7, 11) is 3.21. The molecule has 0 radical (unpaired) electrons. The third kappa shape index (κ3) is 4.06. The van der Waals surface area contributed by atoms with E-state index in [2.05, 4.69) is 5.32 Å². The minimum absolute atomic E-state index is 0.0137. The molecule has 1 aliphatic heterocycles. The maximum atomic E-state index is 12.6. The van der Waals surface area contributed by atoms with Gasteiger partial charge in [-0.25, -0.2) is 0 Å². The molecule has 1 saturated heterocycles. The van der Waals surface area contributed by atoms with Gasteiger partial charge in [0.15, 0.2) is 0 Å². The van der Waals surface area contributed by atoms with E-state index in [0.29, 0.717) is 38.3 Å². The Morgan fingerprint density at radius 2 is 2.17 bits per heavy atom. The van der Waals surface area contributed by atoms with E-state index in [4.69, 9.17) is 9.47 Å². The largest absolute Gasteiger partial charge is 0.497 e. The summed E-state index contributed by atoms with van der Waals surface area (Å²) in [6.45, 7) is 3.38. The number of amides is 2. The number of hydrogen-bond acceptors (Lipinski definition) is 4. The Bertz CT molecular complexity index is 574. The van der Waals surface area contributed by atoms with Crippen LogP contribution in [0.15, 0.2) is 24.3 Å². The zero-order chi connectivity index (χ0) is 17.5. The predicted molar refractivity (Wildman–Crippen MR) is 90.7 cm³/mol. The molecule has 6 heteroatoms. The van der Waals surface area contributed by atoms with Gasteiger partial charge in [-0.1, -0.05) is 12.1 Å². The SMILES string of the molecule is CCNC(=O)[C@@H]1CCC(=O)N(CCOC)[C@H]1c1cccc(OC)c1. The van der Waals surface area contributed by atoms with Gasteiger partial charge in [0.05, 0.1) is 25.7 Å². The molecule has 2 atom stereocenters. The summed E-state index contributed by atoms with van der Waals surface area (Å²) in [6.07, 6.45) is 0.933. The van der Waals surface area contributed by atoms with Gasteiger partial charge >= 0.3 is 0 Å². The molecule has 0 spiro atoms. The smallest absolute Gasteiger partial charge is 0.225 e. The summed E-state index contributed by atoms with van der Waals surface area (Å²) < 4.78 is 10.4. The number of carbonyl (C=O) groups is 2. The van der Waals surface area contributed by atoms with E-state index >= 15 is 0 Å². The first-order chi connectivity index (χ1) is 11.6. The van der Waals surface area contributed by atoms with Gasteiger partial charge in [-0.15, -0.1) is 0 Å². The highest BCUT2D eigenvalue weighted by Gasteiger charge is 2.40. The van der Waals surface area contributed by atoms with Crippen LogP contribution < -0.4 is 10.1 Å². The number of hydrogen-bond donors (Lipinski definition) is 1. The van der Waals surface area contributed by atoms with E-state index in [1.165, 1.54) is 0 Å². The first kappa shape index (κ1) is 18.3. The van der Waals surface area contributed by atoms with Crippen LogP contribution in [0.2, 0.25) is 0 Å². The molecule has 1 aromatic rings. The van der Waals surface area contributed by atoms with Gasteiger partial charge in [-0.3, -0.25) is 9.59 Å². The monoisotopic (exact) mass is 334 g/mol. The highest BCUT2D eigenvalue weighted by molar-refractivity contribution is 5.85. The van der Waals surface area contributed by atoms with Crippen LogP contribution in [0.4, 0.5) is 0 Å². The molecule has 2 amide bonds. The second-order valence-electron chi connectivity index (χ2n) is 5.84. The lowest BCUT2D eigenvalue weighted by Crippen LogP contribution is -2.49. The summed E-state index contributed by atoms with van der Waals surface area (Å²) in [5.74, 6) is 0.485. The minimum Gasteiger partial charge on any atom is -0.497 e. The predicted octanol–water partition coefficient (Wildman–Crippen LogP) is 1.76. The second-order valence-corrected chi connectivity index (χ2v) is 5.84. The normalized spacial score (nSPS) is 20.8. The first-order valence-corrected chi connectivity index (χ1v) is 8.32. The fourth-order valence-corrected chi connectivity index (χ4v) is 3.22. The Kier molecular flexibility index (Phi) is 6.61. The van der Waals surface area contributed by atoms with Crippen molar-refractivity contribution in [2.24, 2.45) is 5.92 Å². The van der Waals surface area contributed by atoms with E-state index in [0.717, 1.165) is 5.56 Å². The fourth-order valence-electron chi connectivity index (χ4n) is 3.22. The van der Waals surface area contributed by atoms with Crippen molar-refractivity contribution in [2.45, 2.75) is 25.8 Å². The highest BCUT2D eigenvalue weighted by Crippen LogP contribution is 2.37. The van der Waals surface area contributed by atoms with Crippen molar-refractivity contribution in [2.75, 3.05) is 33.9 Å². The van der Waals surface area contributed by atoms with Gasteiger partial charge < -0.3 is 19.7 Å². The van der Waals surface area contributed by atoms with Crippen LogP contribution in [0.25, 0.3) is 0 Å². The third-order valence-corrected chi connectivity index (χ3v) is 4.37. The second kappa shape index (κ2) is 8.68. The minimum atomic E-state index is -0.303. The number of rotatable bonds is 7. The molecule has 0 aliphatic carbocycles. The first-order valence-electron chi connectivity index (χ1n) is 8.32. The van der Waals surface area contributed by atoms with Gasteiger partial charge in [-0.05, 0) is 31.0 Å². The summed E-state index contributed by atoms with van der Waals surface area (Å²) in [5, 5.41) is 2.90. The maximum Gasteiger partial charge on any atom is 0.225 e. The third-order valence-electron chi connectivity index (χ3n) is 4.37. The molecule has 6 nitrogen and oxygen atoms in total. The Hall–Kier alpha value is -2.08. The number of ether oxygens (including phenoxy) is 2. The maximum absolute atomic E-state index is 12.6. The molecule has 1 aliphatic rings. The lowest BCUT2D eigenvalue weighted by molar-refractivity contribution is -0.144. The lowest BCUT2D eigenvalue weighted by atomic mass is 9.83. The number of methoxy groups -OCH3 is 2. The number of likely N-dealkylation sites (tertiary alicyclic amines) is 1. The van der Waals surface area contributed by atoms with Crippen molar-refractivity contribution in [1.29, 1.82) is 0 Å². The Morgan fingerprint density at radius 3 is 2.83 bits per heavy atom. The van der Waals surface area contributed by atoms with E-state index in [1.54, 1.807) is 19.1 Å². The Morgan fingerprint density at radius 1 is 1.38 bits per heavy atom. The van der Waals surface area contributed by atoms with Crippen molar-refractivity contribution >= 4 is 11.8 Å². The molecule has 1 aromatic carbocycles. The average molecular weight is 334 g/mol. The summed E-state index contributed by atoms with van der Waals surface area (Å²) in [6, 6.07) is 7.28. The lowest BCUT2D eigenvalue weighted by Gasteiger charge is -2.40. The van der Waals surface area contributed by atoms with Crippen LogP contribution in [-0.4, -0.2) is 50.6 Å². The van der Waals surface area contributed by atoms with E-state index < -0.39 is 0 Å². The topological polar surface area (TPSA) is 67.9 Å². The van der Waals surface area contributed by atoms with Crippen molar-refractivity contribution in [3.8, 4) is 5.75 Å². The molecule has 2 rings (SSSR count). The van der Waals surface area contributed by atoms with Gasteiger partial charge in [-0.2, -0.15) is 0 Å². The molecule has 0 aromatic heterocycles. The van der Waals surface area contributed by atoms with E-state index in [-0.39, 0.29) is 23.8 Å². The number of benzene rings is 1. The molecule has 24 heavy (non-hydrogen) atoms. The number of nitrogens with zero attached hydrogens (tertiary/aromatic N) is 1. The molecule has 0 saturated carbocycles. The Labute approximate surface area is 143 Å². The zero-order valence-electron chi connectivity index (χ0n) is 14.6. The van der Waals surface area contributed by atoms with Gasteiger partial charge in [0.2, 0.25) is 11.8 Å². The van der Waals surface area contributed by atoms with Crippen molar-refractivity contribution in [3.63, 3.8) is 0 Å².